The third-order valence-corrected chi connectivity index (χ3v) is 0. The molecule has 0 aliphatic heterocycles. The minimum atomic E-state index is -4.64. The molecule has 0 aromatic heterocycles. The van der Waals surface area contributed by atoms with Crippen molar-refractivity contribution in [2.75, 3.05) is 0 Å². The first-order chi connectivity index (χ1) is 2.00. The second-order valence-corrected chi connectivity index (χ2v) is 1.54. The molecule has 6 heteroatoms. The molecule has 32 valence electrons. The maximum absolute atomic E-state index is 8.88. The molecule has 0 fully saturated rings. The van der Waals surface area contributed by atoms with Gasteiger partial charge in [-0.2, -0.15) is 0 Å². The van der Waals surface area contributed by atoms with Crippen molar-refractivity contribution in [2.45, 2.75) is 0 Å². The van der Waals surface area contributed by atoms with Crippen LogP contribution in [-0.4, -0.2) is 14.7 Å². The van der Waals surface area contributed by atoms with E-state index in [1.165, 1.54) is 0 Å². The van der Waals surface area contributed by atoms with E-state index in [1.807, 2.05) is 0 Å². The fraction of sp³-hybridized carbons (Fsp3) is 0. The molecule has 0 amide bonds. The van der Waals surface area contributed by atoms with Crippen molar-refractivity contribution in [3.63, 3.8) is 0 Å². The Morgan fingerprint density at radius 2 is 1.33 bits per heavy atom. The van der Waals surface area contributed by atoms with Crippen molar-refractivity contribution in [1.82, 2.24) is 0 Å². The number of hydrogen-bond acceptors (Lipinski definition) is 1. The summed E-state index contributed by atoms with van der Waals surface area (Å²) in [6.45, 7) is 0. The van der Waals surface area contributed by atoms with Gasteiger partial charge in [-0.1, -0.05) is 0 Å². The van der Waals surface area contributed by atoms with Gasteiger partial charge in [0.25, 0.3) is 0 Å². The van der Waals surface area contributed by atoms with Gasteiger partial charge < -0.3 is 14.7 Å². The second kappa shape index (κ2) is 3.71. The molecule has 0 aliphatic carbocycles. The Hall–Kier alpha value is 1.75. The van der Waals surface area contributed by atoms with Gasteiger partial charge >= 0.3 is 63.5 Å². The van der Waals surface area contributed by atoms with Crippen LogP contribution in [-0.2, 0) is 4.57 Å². The summed E-state index contributed by atoms with van der Waals surface area (Å²) in [7, 11) is -4.64. The minimum Gasteiger partial charge on any atom is -0.303 e. The van der Waals surface area contributed by atoms with E-state index in [0.717, 1.165) is 0 Å². The molecule has 0 spiro atoms. The fourth-order valence-corrected chi connectivity index (χ4v) is 0. The molecule has 0 unspecified atom stereocenters. The van der Waals surface area contributed by atoms with Crippen LogP contribution in [0.2, 0.25) is 0 Å². The molecule has 6 heavy (non-hydrogen) atoms. The van der Waals surface area contributed by atoms with E-state index in [1.54, 1.807) is 0 Å². The number of phosphoric acid groups is 1. The first kappa shape index (κ1) is 10.7. The van der Waals surface area contributed by atoms with Gasteiger partial charge in [0.1, 0.15) is 0 Å². The van der Waals surface area contributed by atoms with Gasteiger partial charge in [-0.15, -0.1) is 0 Å². The van der Waals surface area contributed by atoms with Crippen molar-refractivity contribution in [1.29, 1.82) is 0 Å². The van der Waals surface area contributed by atoms with Crippen LogP contribution in [0.3, 0.4) is 0 Å². The largest absolute Gasteiger partial charge is 1.00 e. The average Bonchev–Trinajstić information content (AvgIpc) is 0.722. The minimum absolute atomic E-state index is 0. The first-order valence-corrected chi connectivity index (χ1v) is 2.35. The summed E-state index contributed by atoms with van der Waals surface area (Å²) in [4.78, 5) is 21.6. The van der Waals surface area contributed by atoms with Crippen LogP contribution in [0.4, 0.5) is 0 Å². The molecule has 0 rings (SSSR count). The van der Waals surface area contributed by atoms with Crippen molar-refractivity contribution in [3.05, 3.63) is 0 Å². The molecule has 0 radical (unpaired) electrons. The van der Waals surface area contributed by atoms with E-state index in [2.05, 4.69) is 0 Å². The van der Waals surface area contributed by atoms with Gasteiger partial charge in [0.05, 0.1) is 0 Å². The molecule has 0 bridgehead atoms. The van der Waals surface area contributed by atoms with Crippen LogP contribution in [0.15, 0.2) is 0 Å². The van der Waals surface area contributed by atoms with Crippen molar-refractivity contribution in [3.8, 4) is 0 Å². The summed E-state index contributed by atoms with van der Waals surface area (Å²) < 4.78 is 8.88. The molecule has 0 saturated heterocycles. The van der Waals surface area contributed by atoms with Gasteiger partial charge in [-0.25, -0.2) is 4.57 Å². The van der Waals surface area contributed by atoms with Crippen molar-refractivity contribution >= 4 is 7.82 Å². The zero-order valence-electron chi connectivity index (χ0n) is 6.20. The van der Waals surface area contributed by atoms with Gasteiger partial charge in [0, 0.05) is 0 Å². The number of rotatable bonds is 0. The third kappa shape index (κ3) is 42.4. The van der Waals surface area contributed by atoms with Gasteiger partial charge in [-0.3, -0.25) is 0 Å². The van der Waals surface area contributed by atoms with E-state index in [0.29, 0.717) is 0 Å². The Kier molecular flexibility index (Phi) is 6.61. The van der Waals surface area contributed by atoms with Gasteiger partial charge in [-0.05, 0) is 0 Å². The van der Waals surface area contributed by atoms with Gasteiger partial charge in [0.15, 0.2) is 0 Å². The topological polar surface area (TPSA) is 77.8 Å². The maximum Gasteiger partial charge on any atom is 1.00 e. The molecule has 0 aliphatic rings. The second-order valence-electron chi connectivity index (χ2n) is 0.513. The Balaban J connectivity index is -0.0000000133. The first-order valence-electron chi connectivity index (χ1n) is 0.783. The molecule has 4 nitrogen and oxygen atoms in total. The molecule has 3 N–H and O–H groups in total. The van der Waals surface area contributed by atoms with E-state index < -0.39 is 7.82 Å². The molecule has 0 aromatic rings. The maximum atomic E-state index is 8.88. The molecular weight excluding hydrogens is 134 g/mol. The zero-order chi connectivity index (χ0) is 4.50. The normalized spacial score (nSPS) is 9.83. The Morgan fingerprint density at radius 3 is 1.33 bits per heavy atom. The quantitative estimate of drug-likeness (QED) is 0.240. The third-order valence-electron chi connectivity index (χ3n) is 0. The molecule has 0 saturated carbocycles. The molecular formula is H6KO4P+4. The SMILES string of the molecule is O=P(O)(O)O.[H+].[H+].[H+].[K+]. The van der Waals surface area contributed by atoms with Crippen LogP contribution in [0.1, 0.15) is 4.28 Å². The summed E-state index contributed by atoms with van der Waals surface area (Å²) >= 11 is 0. The summed E-state index contributed by atoms with van der Waals surface area (Å²) in [5.41, 5.74) is 0. The van der Waals surface area contributed by atoms with E-state index >= 15 is 0 Å². The van der Waals surface area contributed by atoms with Gasteiger partial charge in [0.2, 0.25) is 0 Å². The summed E-state index contributed by atoms with van der Waals surface area (Å²) in [6, 6.07) is 0. The van der Waals surface area contributed by atoms with Crippen LogP contribution >= 0.6 is 7.82 Å². The molecule has 0 heterocycles. The van der Waals surface area contributed by atoms with E-state index in [4.69, 9.17) is 19.2 Å². The summed E-state index contributed by atoms with van der Waals surface area (Å²) in [6.07, 6.45) is 0. The summed E-state index contributed by atoms with van der Waals surface area (Å²) in [5, 5.41) is 0. The van der Waals surface area contributed by atoms with E-state index in [9.17, 15) is 0 Å². The van der Waals surface area contributed by atoms with Crippen LogP contribution < -0.4 is 51.4 Å². The monoisotopic (exact) mass is 140 g/mol. The zero-order valence-corrected chi connectivity index (χ0v) is 7.21. The Bertz CT molecular complexity index is 61.9. The fourth-order valence-electron chi connectivity index (χ4n) is 0. The van der Waals surface area contributed by atoms with Crippen molar-refractivity contribution < 1.29 is 74.9 Å². The summed E-state index contributed by atoms with van der Waals surface area (Å²) in [5.74, 6) is 0. The van der Waals surface area contributed by atoms with Crippen molar-refractivity contribution in [2.24, 2.45) is 0 Å². The van der Waals surface area contributed by atoms with Crippen LogP contribution in [0.25, 0.3) is 0 Å². The average molecular weight is 140 g/mol. The predicted octanol–water partition coefficient (Wildman–Crippen LogP) is -3.59. The molecule has 0 atom stereocenters. The van der Waals surface area contributed by atoms with E-state index in [-0.39, 0.29) is 55.7 Å². The predicted molar refractivity (Wildman–Crippen MR) is 17.6 cm³/mol. The number of hydrogen-bond donors (Lipinski definition) is 3. The molecule has 0 aromatic carbocycles. The standard InChI is InChI=1S/K.H3O4P/c;1-5(2,3)4/h;(H3,1,2,3,4)/q+1;/p+3. The van der Waals surface area contributed by atoms with Crippen LogP contribution in [0, 0.1) is 0 Å². The van der Waals surface area contributed by atoms with Crippen LogP contribution in [0.5, 0.6) is 0 Å². The Morgan fingerprint density at radius 1 is 1.33 bits per heavy atom. The smallest absolute Gasteiger partial charge is 0.303 e. The Labute approximate surface area is 81.7 Å².